The molecule has 0 saturated heterocycles. The van der Waals surface area contributed by atoms with Crippen LogP contribution in [0.5, 0.6) is 0 Å². The molecular formula is C17H38N2O2. The van der Waals surface area contributed by atoms with E-state index in [0.717, 1.165) is 52.2 Å². The summed E-state index contributed by atoms with van der Waals surface area (Å²) in [5.74, 6) is 0.714. The van der Waals surface area contributed by atoms with Crippen LogP contribution in [0.25, 0.3) is 0 Å². The van der Waals surface area contributed by atoms with Crippen molar-refractivity contribution in [1.29, 1.82) is 0 Å². The average Bonchev–Trinajstić information content (AvgIpc) is 2.42. The predicted octanol–water partition coefficient (Wildman–Crippen LogP) is 2.76. The smallest absolute Gasteiger partial charge is 0.0589 e. The van der Waals surface area contributed by atoms with Crippen LogP contribution in [0.15, 0.2) is 0 Å². The number of hydrogen-bond donors (Lipinski definition) is 1. The van der Waals surface area contributed by atoms with E-state index in [1.54, 1.807) is 14.2 Å². The fraction of sp³-hybridized carbons (Fsp3) is 1.00. The number of ether oxygens (including phenoxy) is 2. The summed E-state index contributed by atoms with van der Waals surface area (Å²) in [4.78, 5) is 2.49. The summed E-state index contributed by atoms with van der Waals surface area (Å²) in [5, 5.41) is 0. The standard InChI is InChI=1S/C17H38N2O2/c1-17(2,3)16(9-10-18)8-6-11-19(13-15-21-5)12-7-14-20-4/h16H,6-15,18H2,1-5H3. The highest BCUT2D eigenvalue weighted by Crippen LogP contribution is 2.32. The fourth-order valence-electron chi connectivity index (χ4n) is 2.76. The van der Waals surface area contributed by atoms with Crippen molar-refractivity contribution in [2.45, 2.75) is 46.5 Å². The Morgan fingerprint density at radius 1 is 0.905 bits per heavy atom. The molecule has 0 aliphatic heterocycles. The molecule has 2 N–H and O–H groups in total. The lowest BCUT2D eigenvalue weighted by molar-refractivity contribution is 0.127. The number of rotatable bonds is 13. The van der Waals surface area contributed by atoms with E-state index in [2.05, 4.69) is 25.7 Å². The Hall–Kier alpha value is -0.160. The highest BCUT2D eigenvalue weighted by molar-refractivity contribution is 4.75. The van der Waals surface area contributed by atoms with Gasteiger partial charge >= 0.3 is 0 Å². The van der Waals surface area contributed by atoms with Gasteiger partial charge in [-0.2, -0.15) is 0 Å². The number of methoxy groups -OCH3 is 2. The van der Waals surface area contributed by atoms with E-state index in [4.69, 9.17) is 15.2 Å². The van der Waals surface area contributed by atoms with E-state index in [1.807, 2.05) is 0 Å². The van der Waals surface area contributed by atoms with Crippen molar-refractivity contribution in [3.05, 3.63) is 0 Å². The molecule has 0 saturated carbocycles. The molecule has 1 unspecified atom stereocenters. The molecule has 0 aromatic carbocycles. The first-order valence-electron chi connectivity index (χ1n) is 8.36. The van der Waals surface area contributed by atoms with Crippen LogP contribution in [0, 0.1) is 11.3 Å². The quantitative estimate of drug-likeness (QED) is 0.531. The van der Waals surface area contributed by atoms with Crippen molar-refractivity contribution >= 4 is 0 Å². The highest BCUT2D eigenvalue weighted by Gasteiger charge is 2.23. The van der Waals surface area contributed by atoms with Crippen molar-refractivity contribution in [3.8, 4) is 0 Å². The average molecular weight is 303 g/mol. The molecule has 0 aliphatic rings. The van der Waals surface area contributed by atoms with E-state index in [9.17, 15) is 0 Å². The first-order chi connectivity index (χ1) is 9.95. The number of nitrogens with two attached hydrogens (primary N) is 1. The van der Waals surface area contributed by atoms with Crippen molar-refractivity contribution in [3.63, 3.8) is 0 Å². The lowest BCUT2D eigenvalue weighted by Crippen LogP contribution is -2.31. The molecule has 0 rings (SSSR count). The molecule has 0 spiro atoms. The molecule has 0 fully saturated rings. The monoisotopic (exact) mass is 302 g/mol. The van der Waals surface area contributed by atoms with Crippen molar-refractivity contribution in [1.82, 2.24) is 4.90 Å². The molecule has 1 atom stereocenters. The van der Waals surface area contributed by atoms with Gasteiger partial charge in [-0.25, -0.2) is 0 Å². The summed E-state index contributed by atoms with van der Waals surface area (Å²) in [5.41, 5.74) is 6.12. The Morgan fingerprint density at radius 2 is 1.52 bits per heavy atom. The Bertz CT molecular complexity index is 229. The van der Waals surface area contributed by atoms with E-state index in [0.29, 0.717) is 11.3 Å². The van der Waals surface area contributed by atoms with Crippen molar-refractivity contribution in [2.75, 3.05) is 53.6 Å². The predicted molar refractivity (Wildman–Crippen MR) is 90.7 cm³/mol. The zero-order valence-electron chi connectivity index (χ0n) is 15.0. The Morgan fingerprint density at radius 3 is 2.05 bits per heavy atom. The topological polar surface area (TPSA) is 47.7 Å². The van der Waals surface area contributed by atoms with Crippen LogP contribution in [-0.4, -0.2) is 58.5 Å². The highest BCUT2D eigenvalue weighted by atomic mass is 16.5. The van der Waals surface area contributed by atoms with Crippen LogP contribution >= 0.6 is 0 Å². The van der Waals surface area contributed by atoms with Crippen LogP contribution in [0.1, 0.15) is 46.5 Å². The third-order valence-electron chi connectivity index (χ3n) is 4.20. The minimum absolute atomic E-state index is 0.354. The molecule has 128 valence electrons. The van der Waals surface area contributed by atoms with Gasteiger partial charge in [0.2, 0.25) is 0 Å². The summed E-state index contributed by atoms with van der Waals surface area (Å²) in [6.45, 7) is 12.7. The molecule has 0 bridgehead atoms. The number of hydrogen-bond acceptors (Lipinski definition) is 4. The van der Waals surface area contributed by atoms with Crippen LogP contribution in [0.2, 0.25) is 0 Å². The molecule has 0 heterocycles. The van der Waals surface area contributed by atoms with Gasteiger partial charge in [0.25, 0.3) is 0 Å². The van der Waals surface area contributed by atoms with Crippen LogP contribution in [0.3, 0.4) is 0 Å². The van der Waals surface area contributed by atoms with Crippen LogP contribution in [-0.2, 0) is 9.47 Å². The van der Waals surface area contributed by atoms with Crippen LogP contribution < -0.4 is 5.73 Å². The summed E-state index contributed by atoms with van der Waals surface area (Å²) in [6, 6.07) is 0. The van der Waals surface area contributed by atoms with Crippen molar-refractivity contribution < 1.29 is 9.47 Å². The second-order valence-electron chi connectivity index (χ2n) is 6.96. The third kappa shape index (κ3) is 11.1. The van der Waals surface area contributed by atoms with Gasteiger partial charge < -0.3 is 20.1 Å². The van der Waals surface area contributed by atoms with E-state index >= 15 is 0 Å². The fourth-order valence-corrected chi connectivity index (χ4v) is 2.76. The molecule has 0 aromatic heterocycles. The molecule has 4 nitrogen and oxygen atoms in total. The summed E-state index contributed by atoms with van der Waals surface area (Å²) in [7, 11) is 3.53. The molecule has 0 amide bonds. The Kier molecular flexibility index (Phi) is 12.3. The zero-order chi connectivity index (χ0) is 16.1. The maximum absolute atomic E-state index is 5.76. The van der Waals surface area contributed by atoms with Gasteiger partial charge in [-0.3, -0.25) is 0 Å². The molecule has 21 heavy (non-hydrogen) atoms. The van der Waals surface area contributed by atoms with Crippen LogP contribution in [0.4, 0.5) is 0 Å². The van der Waals surface area contributed by atoms with Gasteiger partial charge in [0.1, 0.15) is 0 Å². The van der Waals surface area contributed by atoms with Gasteiger partial charge in [0.05, 0.1) is 6.61 Å². The molecule has 0 radical (unpaired) electrons. The van der Waals surface area contributed by atoms with Gasteiger partial charge in [-0.1, -0.05) is 20.8 Å². The second-order valence-corrected chi connectivity index (χ2v) is 6.96. The first-order valence-corrected chi connectivity index (χ1v) is 8.36. The SMILES string of the molecule is COCCCN(CCCC(CCN)C(C)(C)C)CCOC. The number of nitrogens with zero attached hydrogens (tertiary/aromatic N) is 1. The molecule has 4 heteroatoms. The lowest BCUT2D eigenvalue weighted by atomic mass is 9.76. The molecular weight excluding hydrogens is 264 g/mol. The molecule has 0 aliphatic carbocycles. The Balaban J connectivity index is 4.12. The lowest BCUT2D eigenvalue weighted by Gasteiger charge is -2.31. The largest absolute Gasteiger partial charge is 0.385 e. The summed E-state index contributed by atoms with van der Waals surface area (Å²) in [6.07, 6.45) is 4.71. The maximum Gasteiger partial charge on any atom is 0.0589 e. The van der Waals surface area contributed by atoms with E-state index in [-0.39, 0.29) is 0 Å². The van der Waals surface area contributed by atoms with E-state index < -0.39 is 0 Å². The Labute approximate surface area is 132 Å². The van der Waals surface area contributed by atoms with Crippen molar-refractivity contribution in [2.24, 2.45) is 17.1 Å². The third-order valence-corrected chi connectivity index (χ3v) is 4.20. The summed E-state index contributed by atoms with van der Waals surface area (Å²) >= 11 is 0. The first kappa shape index (κ1) is 20.8. The van der Waals surface area contributed by atoms with Gasteiger partial charge in [0, 0.05) is 33.9 Å². The van der Waals surface area contributed by atoms with Gasteiger partial charge in [0.15, 0.2) is 0 Å². The van der Waals surface area contributed by atoms with E-state index in [1.165, 1.54) is 12.8 Å². The minimum Gasteiger partial charge on any atom is -0.385 e. The molecule has 0 aromatic rings. The maximum atomic E-state index is 5.76. The van der Waals surface area contributed by atoms with Gasteiger partial charge in [-0.05, 0) is 50.1 Å². The second kappa shape index (κ2) is 12.4. The zero-order valence-corrected chi connectivity index (χ0v) is 15.0. The normalized spacial score (nSPS) is 13.9. The summed E-state index contributed by atoms with van der Waals surface area (Å²) < 4.78 is 10.4. The minimum atomic E-state index is 0.354. The van der Waals surface area contributed by atoms with Gasteiger partial charge in [-0.15, -0.1) is 0 Å².